The predicted octanol–water partition coefficient (Wildman–Crippen LogP) is 3.84. The number of carbonyl (C=O) groups is 3. The smallest absolute Gasteiger partial charge is 0.417 e. The zero-order valence-corrected chi connectivity index (χ0v) is 14.9. The number of carbonyl (C=O) groups excluding carboxylic acids is 2. The minimum Gasteiger partial charge on any atom is -0.481 e. The number of hydrogen-bond donors (Lipinski definition) is 1. The number of aliphatic carboxylic acids is 1. The van der Waals surface area contributed by atoms with Gasteiger partial charge in [0.15, 0.2) is 0 Å². The van der Waals surface area contributed by atoms with Crippen LogP contribution in [0.5, 0.6) is 0 Å². The SMILES string of the molecule is CC(C)(C)OC(=O)N(C(=O)c1ccc(Cl)c(Cl)c1)C1CC1C(=O)O. The first-order valence-electron chi connectivity index (χ1n) is 7.25. The lowest BCUT2D eigenvalue weighted by Crippen LogP contribution is -2.43. The molecule has 0 radical (unpaired) electrons. The van der Waals surface area contributed by atoms with Crippen molar-refractivity contribution in [2.45, 2.75) is 38.8 Å². The molecule has 2 unspecified atom stereocenters. The van der Waals surface area contributed by atoms with Crippen molar-refractivity contribution >= 4 is 41.2 Å². The number of benzene rings is 1. The fourth-order valence-corrected chi connectivity index (χ4v) is 2.48. The minimum atomic E-state index is -1.06. The second kappa shape index (κ2) is 6.61. The van der Waals surface area contributed by atoms with Crippen LogP contribution in [0.4, 0.5) is 4.79 Å². The lowest BCUT2D eigenvalue weighted by Gasteiger charge is -2.26. The minimum absolute atomic E-state index is 0.131. The molecule has 2 amide bonds. The number of ether oxygens (including phenoxy) is 1. The third-order valence-electron chi connectivity index (χ3n) is 3.38. The normalized spacial score (nSPS) is 19.5. The van der Waals surface area contributed by atoms with Gasteiger partial charge in [0.1, 0.15) is 5.60 Å². The molecule has 130 valence electrons. The summed E-state index contributed by atoms with van der Waals surface area (Å²) in [4.78, 5) is 37.1. The largest absolute Gasteiger partial charge is 0.481 e. The summed E-state index contributed by atoms with van der Waals surface area (Å²) in [5.74, 6) is -2.52. The molecule has 0 heterocycles. The molecule has 1 fully saturated rings. The summed E-state index contributed by atoms with van der Waals surface area (Å²) < 4.78 is 5.24. The van der Waals surface area contributed by atoms with Crippen LogP contribution in [0.15, 0.2) is 18.2 Å². The molecule has 1 aliphatic rings. The highest BCUT2D eigenvalue weighted by Gasteiger charge is 2.52. The molecule has 0 saturated heterocycles. The third kappa shape index (κ3) is 4.19. The van der Waals surface area contributed by atoms with Crippen molar-refractivity contribution in [2.75, 3.05) is 0 Å². The highest BCUT2D eigenvalue weighted by molar-refractivity contribution is 6.42. The molecule has 2 rings (SSSR count). The van der Waals surface area contributed by atoms with Crippen molar-refractivity contribution < 1.29 is 24.2 Å². The number of nitrogens with zero attached hydrogens (tertiary/aromatic N) is 1. The molecule has 1 aromatic rings. The van der Waals surface area contributed by atoms with Crippen molar-refractivity contribution in [3.8, 4) is 0 Å². The van der Waals surface area contributed by atoms with E-state index < -0.39 is 35.5 Å². The van der Waals surface area contributed by atoms with Crippen LogP contribution in [0.3, 0.4) is 0 Å². The second-order valence-corrected chi connectivity index (χ2v) is 7.35. The highest BCUT2D eigenvalue weighted by atomic mass is 35.5. The highest BCUT2D eigenvalue weighted by Crippen LogP contribution is 2.38. The Morgan fingerprint density at radius 3 is 2.29 bits per heavy atom. The number of carboxylic acids is 1. The molecule has 1 saturated carbocycles. The topological polar surface area (TPSA) is 83.9 Å². The second-order valence-electron chi connectivity index (χ2n) is 6.53. The van der Waals surface area contributed by atoms with Gasteiger partial charge < -0.3 is 9.84 Å². The van der Waals surface area contributed by atoms with Crippen molar-refractivity contribution in [3.63, 3.8) is 0 Å². The molecule has 0 aliphatic heterocycles. The van der Waals surface area contributed by atoms with E-state index in [9.17, 15) is 14.4 Å². The van der Waals surface area contributed by atoms with E-state index in [2.05, 4.69) is 0 Å². The van der Waals surface area contributed by atoms with Crippen LogP contribution in [-0.2, 0) is 9.53 Å². The average Bonchev–Trinajstić information content (AvgIpc) is 3.20. The van der Waals surface area contributed by atoms with Crippen molar-refractivity contribution in [1.29, 1.82) is 0 Å². The van der Waals surface area contributed by atoms with Gasteiger partial charge in [0.05, 0.1) is 22.0 Å². The molecule has 8 heteroatoms. The third-order valence-corrected chi connectivity index (χ3v) is 4.12. The number of hydrogen-bond acceptors (Lipinski definition) is 4. The van der Waals surface area contributed by atoms with Gasteiger partial charge >= 0.3 is 12.1 Å². The summed E-state index contributed by atoms with van der Waals surface area (Å²) in [5, 5.41) is 9.53. The maximum Gasteiger partial charge on any atom is 0.417 e. The number of imide groups is 1. The van der Waals surface area contributed by atoms with E-state index in [0.717, 1.165) is 4.90 Å². The van der Waals surface area contributed by atoms with Gasteiger partial charge in [-0.05, 0) is 45.4 Å². The maximum atomic E-state index is 12.7. The fraction of sp³-hybridized carbons (Fsp3) is 0.438. The molecule has 1 aromatic carbocycles. The van der Waals surface area contributed by atoms with Crippen LogP contribution in [0.2, 0.25) is 10.0 Å². The molecule has 6 nitrogen and oxygen atoms in total. The predicted molar refractivity (Wildman–Crippen MR) is 88.4 cm³/mol. The van der Waals surface area contributed by atoms with Crippen molar-refractivity contribution in [2.24, 2.45) is 5.92 Å². The lowest BCUT2D eigenvalue weighted by atomic mass is 10.2. The van der Waals surface area contributed by atoms with E-state index in [1.165, 1.54) is 18.2 Å². The van der Waals surface area contributed by atoms with Crippen molar-refractivity contribution in [3.05, 3.63) is 33.8 Å². The molecule has 0 bridgehead atoms. The van der Waals surface area contributed by atoms with Gasteiger partial charge in [0.25, 0.3) is 5.91 Å². The Kier molecular flexibility index (Phi) is 5.11. The molecular formula is C16H17Cl2NO5. The lowest BCUT2D eigenvalue weighted by molar-refractivity contribution is -0.138. The molecule has 24 heavy (non-hydrogen) atoms. The average molecular weight is 374 g/mol. The molecular weight excluding hydrogens is 357 g/mol. The van der Waals surface area contributed by atoms with Gasteiger partial charge in [-0.15, -0.1) is 0 Å². The van der Waals surface area contributed by atoms with Crippen LogP contribution in [-0.4, -0.2) is 39.6 Å². The van der Waals surface area contributed by atoms with Gasteiger partial charge in [0.2, 0.25) is 0 Å². The molecule has 1 aliphatic carbocycles. The maximum absolute atomic E-state index is 12.7. The van der Waals surface area contributed by atoms with E-state index >= 15 is 0 Å². The number of halogens is 2. The van der Waals surface area contributed by atoms with E-state index in [1.54, 1.807) is 20.8 Å². The Morgan fingerprint density at radius 2 is 1.83 bits per heavy atom. The van der Waals surface area contributed by atoms with E-state index in [-0.39, 0.29) is 22.0 Å². The first kappa shape index (κ1) is 18.5. The summed E-state index contributed by atoms with van der Waals surface area (Å²) in [7, 11) is 0. The van der Waals surface area contributed by atoms with E-state index in [1.807, 2.05) is 0 Å². The van der Waals surface area contributed by atoms with Gasteiger partial charge in [-0.1, -0.05) is 23.2 Å². The van der Waals surface area contributed by atoms with Crippen LogP contribution < -0.4 is 0 Å². The summed E-state index contributed by atoms with van der Waals surface area (Å²) in [6.07, 6.45) is -0.686. The van der Waals surface area contributed by atoms with Crippen LogP contribution >= 0.6 is 23.2 Å². The molecule has 1 N–H and O–H groups in total. The molecule has 0 spiro atoms. The summed E-state index contributed by atoms with van der Waals surface area (Å²) in [5.41, 5.74) is -0.688. The quantitative estimate of drug-likeness (QED) is 0.869. The Morgan fingerprint density at radius 1 is 1.21 bits per heavy atom. The molecule has 0 aromatic heterocycles. The zero-order valence-electron chi connectivity index (χ0n) is 13.4. The van der Waals surface area contributed by atoms with Gasteiger partial charge in [0, 0.05) is 5.56 Å². The fourth-order valence-electron chi connectivity index (χ4n) is 2.18. The Labute approximate surface area is 149 Å². The number of amides is 2. The van der Waals surface area contributed by atoms with E-state index in [4.69, 9.17) is 33.0 Å². The number of rotatable bonds is 3. The van der Waals surface area contributed by atoms with Crippen molar-refractivity contribution in [1.82, 2.24) is 4.90 Å². The van der Waals surface area contributed by atoms with Gasteiger partial charge in [-0.2, -0.15) is 0 Å². The first-order valence-corrected chi connectivity index (χ1v) is 8.01. The number of carboxylic acid groups (broad SMARTS) is 1. The van der Waals surface area contributed by atoms with Gasteiger partial charge in [-0.3, -0.25) is 9.59 Å². The summed E-state index contributed by atoms with van der Waals surface area (Å²) in [6.45, 7) is 4.98. The molecule has 2 atom stereocenters. The Balaban J connectivity index is 2.31. The van der Waals surface area contributed by atoms with Gasteiger partial charge in [-0.25, -0.2) is 9.69 Å². The summed E-state index contributed by atoms with van der Waals surface area (Å²) in [6, 6.07) is 3.46. The zero-order chi connectivity index (χ0) is 18.2. The monoisotopic (exact) mass is 373 g/mol. The Bertz CT molecular complexity index is 698. The van der Waals surface area contributed by atoms with Crippen LogP contribution in [0.25, 0.3) is 0 Å². The Hall–Kier alpha value is -1.79. The van der Waals surface area contributed by atoms with Crippen LogP contribution in [0, 0.1) is 5.92 Å². The van der Waals surface area contributed by atoms with Crippen LogP contribution in [0.1, 0.15) is 37.6 Å². The van der Waals surface area contributed by atoms with E-state index in [0.29, 0.717) is 0 Å². The summed E-state index contributed by atoms with van der Waals surface area (Å²) >= 11 is 11.7. The first-order chi connectivity index (χ1) is 11.0. The standard InChI is InChI=1S/C16H17Cl2NO5/c1-16(2,3)24-15(23)19(12-7-9(12)14(21)22)13(20)8-4-5-10(17)11(18)6-8/h4-6,9,12H,7H2,1-3H3,(H,21,22).